The van der Waals surface area contributed by atoms with Gasteiger partial charge >= 0.3 is 0 Å². The molecule has 0 radical (unpaired) electrons. The molecule has 0 atom stereocenters. The van der Waals surface area contributed by atoms with Gasteiger partial charge in [0, 0.05) is 40.4 Å². The summed E-state index contributed by atoms with van der Waals surface area (Å²) in [5.74, 6) is 0.451. The van der Waals surface area contributed by atoms with E-state index in [0.29, 0.717) is 22.2 Å². The molecule has 2 amide bonds. The Bertz CT molecular complexity index is 1110. The highest BCUT2D eigenvalue weighted by Crippen LogP contribution is 2.35. The van der Waals surface area contributed by atoms with Crippen LogP contribution in [0.5, 0.6) is 0 Å². The minimum Gasteiger partial charge on any atom is -0.339 e. The van der Waals surface area contributed by atoms with Crippen LogP contribution in [0.4, 0.5) is 5.69 Å². The van der Waals surface area contributed by atoms with Gasteiger partial charge in [-0.25, -0.2) is 0 Å². The zero-order valence-electron chi connectivity index (χ0n) is 18.6. The maximum atomic E-state index is 13.2. The quantitative estimate of drug-likeness (QED) is 0.437. The van der Waals surface area contributed by atoms with Crippen LogP contribution in [0, 0.1) is 5.92 Å². The van der Waals surface area contributed by atoms with Crippen LogP contribution in [0.25, 0.3) is 0 Å². The molecule has 0 spiro atoms. The van der Waals surface area contributed by atoms with E-state index in [9.17, 15) is 9.59 Å². The first-order valence-corrected chi connectivity index (χ1v) is 12.4. The van der Waals surface area contributed by atoms with Crippen molar-refractivity contribution in [2.45, 2.75) is 36.0 Å². The molecule has 1 aliphatic heterocycles. The predicted octanol–water partition coefficient (Wildman–Crippen LogP) is 6.54. The van der Waals surface area contributed by atoms with Crippen LogP contribution in [0.3, 0.4) is 0 Å². The van der Waals surface area contributed by atoms with Crippen molar-refractivity contribution in [2.75, 3.05) is 18.4 Å². The highest BCUT2D eigenvalue weighted by Gasteiger charge is 2.24. The van der Waals surface area contributed by atoms with Crippen LogP contribution in [-0.4, -0.2) is 29.8 Å². The predicted molar refractivity (Wildman–Crippen MR) is 135 cm³/mol. The number of halogens is 1. The molecule has 1 fully saturated rings. The lowest BCUT2D eigenvalue weighted by molar-refractivity contribution is -0.114. The van der Waals surface area contributed by atoms with Gasteiger partial charge in [0.25, 0.3) is 5.91 Å². The number of rotatable bonds is 6. The summed E-state index contributed by atoms with van der Waals surface area (Å²) in [6, 6.07) is 23.6. The number of piperidine rings is 1. The fourth-order valence-electron chi connectivity index (χ4n) is 4.14. The molecule has 6 heteroatoms. The van der Waals surface area contributed by atoms with Crippen molar-refractivity contribution in [3.8, 4) is 0 Å². The first-order valence-electron chi connectivity index (χ1n) is 11.2. The fraction of sp³-hybridized carbons (Fsp3) is 0.259. The second kappa shape index (κ2) is 10.9. The van der Waals surface area contributed by atoms with E-state index >= 15 is 0 Å². The second-order valence-electron chi connectivity index (χ2n) is 8.37. The Kier molecular flexibility index (Phi) is 7.73. The molecule has 0 saturated carbocycles. The van der Waals surface area contributed by atoms with Gasteiger partial charge in [-0.2, -0.15) is 0 Å². The van der Waals surface area contributed by atoms with Gasteiger partial charge in [-0.15, -0.1) is 0 Å². The average Bonchev–Trinajstić information content (AvgIpc) is 2.82. The van der Waals surface area contributed by atoms with E-state index in [1.807, 2.05) is 47.4 Å². The molecular formula is C27H27ClN2O2S. The number of hydrogen-bond donors (Lipinski definition) is 1. The number of carbonyl (C=O) groups is 2. The third kappa shape index (κ3) is 6.40. The Morgan fingerprint density at radius 3 is 2.36 bits per heavy atom. The van der Waals surface area contributed by atoms with Crippen LogP contribution >= 0.6 is 23.4 Å². The van der Waals surface area contributed by atoms with Gasteiger partial charge in [0.1, 0.15) is 0 Å². The van der Waals surface area contributed by atoms with Gasteiger partial charge in [-0.05, 0) is 73.2 Å². The number of nitrogens with zero attached hydrogens (tertiary/aromatic N) is 1. The standard InChI is InChI=1S/C27H27ClN2O2S/c1-19(31)29-25-18-22(7-12-26(25)33-24-10-8-23(28)9-11-24)27(32)30-15-13-21(14-16-30)17-20-5-3-2-4-6-20/h2-12,18,21H,13-17H2,1H3,(H,29,31). The van der Waals surface area contributed by atoms with Crippen LogP contribution < -0.4 is 5.32 Å². The molecule has 170 valence electrons. The number of likely N-dealkylation sites (tertiary alicyclic amines) is 1. The lowest BCUT2D eigenvalue weighted by atomic mass is 9.90. The third-order valence-electron chi connectivity index (χ3n) is 5.85. The number of carbonyl (C=O) groups excluding carboxylic acids is 2. The molecule has 0 bridgehead atoms. The topological polar surface area (TPSA) is 49.4 Å². The number of hydrogen-bond acceptors (Lipinski definition) is 3. The zero-order chi connectivity index (χ0) is 23.2. The Morgan fingerprint density at radius 2 is 1.70 bits per heavy atom. The molecule has 0 aliphatic carbocycles. The largest absolute Gasteiger partial charge is 0.339 e. The Morgan fingerprint density at radius 1 is 1.00 bits per heavy atom. The van der Waals surface area contributed by atoms with Crippen LogP contribution in [0.15, 0.2) is 82.6 Å². The molecular weight excluding hydrogens is 452 g/mol. The van der Waals surface area contributed by atoms with E-state index in [-0.39, 0.29) is 11.8 Å². The summed E-state index contributed by atoms with van der Waals surface area (Å²) in [7, 11) is 0. The van der Waals surface area contributed by atoms with E-state index in [2.05, 4.69) is 29.6 Å². The van der Waals surface area contributed by atoms with Crippen molar-refractivity contribution in [3.05, 3.63) is 88.9 Å². The van der Waals surface area contributed by atoms with E-state index in [0.717, 1.165) is 42.1 Å². The van der Waals surface area contributed by atoms with Crippen molar-refractivity contribution in [1.82, 2.24) is 4.90 Å². The SMILES string of the molecule is CC(=O)Nc1cc(C(=O)N2CCC(Cc3ccccc3)CC2)ccc1Sc1ccc(Cl)cc1. The second-order valence-corrected chi connectivity index (χ2v) is 9.93. The first-order chi connectivity index (χ1) is 16.0. The number of nitrogens with one attached hydrogen (secondary N) is 1. The highest BCUT2D eigenvalue weighted by molar-refractivity contribution is 7.99. The summed E-state index contributed by atoms with van der Waals surface area (Å²) in [6.07, 6.45) is 3.07. The summed E-state index contributed by atoms with van der Waals surface area (Å²) in [4.78, 5) is 28.8. The van der Waals surface area contributed by atoms with Crippen molar-refractivity contribution < 1.29 is 9.59 Å². The third-order valence-corrected chi connectivity index (χ3v) is 7.18. The van der Waals surface area contributed by atoms with Gasteiger partial charge in [0.05, 0.1) is 5.69 Å². The van der Waals surface area contributed by atoms with Crippen LogP contribution in [0.2, 0.25) is 5.02 Å². The van der Waals surface area contributed by atoms with Crippen molar-refractivity contribution in [3.63, 3.8) is 0 Å². The van der Waals surface area contributed by atoms with E-state index in [1.54, 1.807) is 6.07 Å². The van der Waals surface area contributed by atoms with Gasteiger partial charge in [0.2, 0.25) is 5.91 Å². The molecule has 1 N–H and O–H groups in total. The van der Waals surface area contributed by atoms with Gasteiger partial charge in [-0.1, -0.05) is 53.7 Å². The highest BCUT2D eigenvalue weighted by atomic mass is 35.5. The van der Waals surface area contributed by atoms with E-state index in [1.165, 1.54) is 24.2 Å². The summed E-state index contributed by atoms with van der Waals surface area (Å²) in [5, 5.41) is 3.56. The lowest BCUT2D eigenvalue weighted by Crippen LogP contribution is -2.39. The number of amides is 2. The molecule has 4 nitrogen and oxygen atoms in total. The van der Waals surface area contributed by atoms with Crippen molar-refractivity contribution >= 4 is 40.9 Å². The van der Waals surface area contributed by atoms with Crippen LogP contribution in [0.1, 0.15) is 35.7 Å². The minimum atomic E-state index is -0.167. The number of anilines is 1. The van der Waals surface area contributed by atoms with E-state index < -0.39 is 0 Å². The molecule has 1 heterocycles. The van der Waals surface area contributed by atoms with Gasteiger partial charge < -0.3 is 10.2 Å². The number of benzene rings is 3. The molecule has 0 unspecified atom stereocenters. The fourth-order valence-corrected chi connectivity index (χ4v) is 5.15. The average molecular weight is 479 g/mol. The van der Waals surface area contributed by atoms with Gasteiger partial charge in [-0.3, -0.25) is 9.59 Å². The Hall–Kier alpha value is -2.76. The van der Waals surface area contributed by atoms with Crippen LogP contribution in [-0.2, 0) is 11.2 Å². The molecule has 3 aromatic carbocycles. The molecule has 1 aliphatic rings. The minimum absolute atomic E-state index is 0.0165. The Balaban J connectivity index is 1.44. The molecule has 4 rings (SSSR count). The molecule has 3 aromatic rings. The summed E-state index contributed by atoms with van der Waals surface area (Å²) in [6.45, 7) is 2.99. The lowest BCUT2D eigenvalue weighted by Gasteiger charge is -2.32. The van der Waals surface area contributed by atoms with E-state index in [4.69, 9.17) is 11.6 Å². The molecule has 1 saturated heterocycles. The Labute approximate surface area is 204 Å². The smallest absolute Gasteiger partial charge is 0.253 e. The maximum absolute atomic E-state index is 13.2. The zero-order valence-corrected chi connectivity index (χ0v) is 20.2. The maximum Gasteiger partial charge on any atom is 0.253 e. The summed E-state index contributed by atoms with van der Waals surface area (Å²) < 4.78 is 0. The normalized spacial score (nSPS) is 14.2. The summed E-state index contributed by atoms with van der Waals surface area (Å²) in [5.41, 5.74) is 2.60. The van der Waals surface area contributed by atoms with Crippen molar-refractivity contribution in [1.29, 1.82) is 0 Å². The first kappa shape index (κ1) is 23.4. The monoisotopic (exact) mass is 478 g/mol. The van der Waals surface area contributed by atoms with Crippen molar-refractivity contribution in [2.24, 2.45) is 5.92 Å². The molecule has 0 aromatic heterocycles. The van der Waals surface area contributed by atoms with Gasteiger partial charge in [0.15, 0.2) is 0 Å². The summed E-state index contributed by atoms with van der Waals surface area (Å²) >= 11 is 7.51. The molecule has 33 heavy (non-hydrogen) atoms.